The molecule has 0 bridgehead atoms. The molecule has 27 heavy (non-hydrogen) atoms. The minimum atomic E-state index is -3.93. The van der Waals surface area contributed by atoms with Gasteiger partial charge in [-0.2, -0.15) is 0 Å². The Labute approximate surface area is 168 Å². The number of carbonyl (C=O) groups is 1. The molecular formula is C19H23BrN2O4S. The Balaban J connectivity index is 2.39. The first kappa shape index (κ1) is 21.2. The summed E-state index contributed by atoms with van der Waals surface area (Å²) in [7, 11) is -0.850. The highest BCUT2D eigenvalue weighted by Gasteiger charge is 2.23. The summed E-state index contributed by atoms with van der Waals surface area (Å²) < 4.78 is 34.3. The zero-order chi connectivity index (χ0) is 20.2. The second kappa shape index (κ2) is 8.75. The maximum atomic E-state index is 12.9. The third kappa shape index (κ3) is 5.46. The molecule has 146 valence electrons. The Morgan fingerprint density at radius 1 is 1.19 bits per heavy atom. The van der Waals surface area contributed by atoms with E-state index in [0.29, 0.717) is 18.2 Å². The van der Waals surface area contributed by atoms with Crippen LogP contribution in [-0.2, 0) is 10.0 Å². The third-order valence-electron chi connectivity index (χ3n) is 3.78. The first-order valence-electron chi connectivity index (χ1n) is 8.36. The van der Waals surface area contributed by atoms with Crippen molar-refractivity contribution in [2.75, 3.05) is 25.4 Å². The van der Waals surface area contributed by atoms with Gasteiger partial charge in [0.25, 0.3) is 15.9 Å². The van der Waals surface area contributed by atoms with Gasteiger partial charge in [-0.15, -0.1) is 0 Å². The summed E-state index contributed by atoms with van der Waals surface area (Å²) in [5, 5.41) is 0. The van der Waals surface area contributed by atoms with Crippen molar-refractivity contribution in [1.82, 2.24) is 4.90 Å². The molecule has 0 fully saturated rings. The molecule has 2 aromatic rings. The van der Waals surface area contributed by atoms with Gasteiger partial charge < -0.3 is 9.64 Å². The van der Waals surface area contributed by atoms with Crippen LogP contribution in [-0.4, -0.2) is 39.9 Å². The maximum Gasteiger partial charge on any atom is 0.265 e. The monoisotopic (exact) mass is 454 g/mol. The van der Waals surface area contributed by atoms with Gasteiger partial charge in [-0.25, -0.2) is 8.42 Å². The van der Waals surface area contributed by atoms with Crippen molar-refractivity contribution >= 4 is 37.5 Å². The van der Waals surface area contributed by atoms with Gasteiger partial charge in [0.15, 0.2) is 0 Å². The Morgan fingerprint density at radius 2 is 1.81 bits per heavy atom. The number of carbonyl (C=O) groups excluding carboxylic acids is 1. The van der Waals surface area contributed by atoms with Crippen molar-refractivity contribution in [3.8, 4) is 5.75 Å². The lowest BCUT2D eigenvalue weighted by molar-refractivity contribution is 0.0779. The molecule has 0 spiro atoms. The van der Waals surface area contributed by atoms with Crippen molar-refractivity contribution in [1.29, 1.82) is 0 Å². The number of halogens is 1. The standard InChI is InChI=1S/C19H23BrN2O4S/c1-13(2)12-22(3)19(23)14-5-10-17(26-4)18(11-14)27(24,25)21-16-8-6-15(20)7-9-16/h5-11,13,21H,12H2,1-4H3. The number of hydrogen-bond donors (Lipinski definition) is 1. The van der Waals surface area contributed by atoms with Gasteiger partial charge >= 0.3 is 0 Å². The van der Waals surface area contributed by atoms with E-state index in [2.05, 4.69) is 20.7 Å². The second-order valence-electron chi connectivity index (χ2n) is 6.56. The van der Waals surface area contributed by atoms with Gasteiger partial charge in [-0.05, 0) is 48.4 Å². The summed E-state index contributed by atoms with van der Waals surface area (Å²) in [6.45, 7) is 4.59. The fraction of sp³-hybridized carbons (Fsp3) is 0.316. The zero-order valence-corrected chi connectivity index (χ0v) is 18.1. The lowest BCUT2D eigenvalue weighted by Gasteiger charge is -2.20. The van der Waals surface area contributed by atoms with Gasteiger partial charge in [0.05, 0.1) is 7.11 Å². The molecule has 1 N–H and O–H groups in total. The molecule has 0 unspecified atom stereocenters. The molecule has 0 atom stereocenters. The number of amides is 1. The maximum absolute atomic E-state index is 12.9. The molecule has 0 saturated heterocycles. The number of hydrogen-bond acceptors (Lipinski definition) is 4. The van der Waals surface area contributed by atoms with Crippen LogP contribution in [0.1, 0.15) is 24.2 Å². The number of anilines is 1. The highest BCUT2D eigenvalue weighted by Crippen LogP contribution is 2.28. The van der Waals surface area contributed by atoms with Crippen LogP contribution in [0.5, 0.6) is 5.75 Å². The molecule has 0 saturated carbocycles. The zero-order valence-electron chi connectivity index (χ0n) is 15.7. The van der Waals surface area contributed by atoms with E-state index in [9.17, 15) is 13.2 Å². The van der Waals surface area contributed by atoms with Gasteiger partial charge in [0.1, 0.15) is 10.6 Å². The predicted octanol–water partition coefficient (Wildman–Crippen LogP) is 3.99. The van der Waals surface area contributed by atoms with E-state index < -0.39 is 10.0 Å². The van der Waals surface area contributed by atoms with Crippen molar-refractivity contribution in [3.63, 3.8) is 0 Å². The molecule has 8 heteroatoms. The van der Waals surface area contributed by atoms with Crippen LogP contribution in [0, 0.1) is 5.92 Å². The minimum Gasteiger partial charge on any atom is -0.495 e. The molecule has 0 aliphatic carbocycles. The smallest absolute Gasteiger partial charge is 0.265 e. The van der Waals surface area contributed by atoms with Crippen molar-refractivity contribution < 1.29 is 17.9 Å². The van der Waals surface area contributed by atoms with Gasteiger partial charge in [0.2, 0.25) is 0 Å². The number of rotatable bonds is 7. The van der Waals surface area contributed by atoms with E-state index >= 15 is 0 Å². The van der Waals surface area contributed by atoms with Crippen molar-refractivity contribution in [2.45, 2.75) is 18.7 Å². The van der Waals surface area contributed by atoms with Crippen LogP contribution in [0.4, 0.5) is 5.69 Å². The fourth-order valence-electron chi connectivity index (χ4n) is 2.60. The van der Waals surface area contributed by atoms with E-state index in [1.165, 1.54) is 19.2 Å². The summed E-state index contributed by atoms with van der Waals surface area (Å²) in [6.07, 6.45) is 0. The quantitative estimate of drug-likeness (QED) is 0.685. The third-order valence-corrected chi connectivity index (χ3v) is 5.71. The molecule has 0 radical (unpaired) electrons. The van der Waals surface area contributed by atoms with Crippen LogP contribution in [0.15, 0.2) is 51.8 Å². The number of sulfonamides is 1. The molecule has 2 rings (SSSR count). The molecule has 1 amide bonds. The molecule has 0 aliphatic heterocycles. The second-order valence-corrected chi connectivity index (χ2v) is 9.12. The van der Waals surface area contributed by atoms with Crippen molar-refractivity contribution in [3.05, 3.63) is 52.5 Å². The van der Waals surface area contributed by atoms with Crippen LogP contribution in [0.3, 0.4) is 0 Å². The Kier molecular flexibility index (Phi) is 6.89. The highest BCUT2D eigenvalue weighted by molar-refractivity contribution is 9.10. The van der Waals surface area contributed by atoms with Crippen molar-refractivity contribution in [2.24, 2.45) is 5.92 Å². The minimum absolute atomic E-state index is 0.0864. The molecule has 6 nitrogen and oxygen atoms in total. The number of benzene rings is 2. The summed E-state index contributed by atoms with van der Waals surface area (Å²) in [4.78, 5) is 14.1. The van der Waals surface area contributed by atoms with E-state index in [4.69, 9.17) is 4.74 Å². The number of nitrogens with zero attached hydrogens (tertiary/aromatic N) is 1. The molecular weight excluding hydrogens is 432 g/mol. The Hall–Kier alpha value is -2.06. The van der Waals surface area contributed by atoms with E-state index in [-0.39, 0.29) is 22.1 Å². The number of ether oxygens (including phenoxy) is 1. The summed E-state index contributed by atoms with van der Waals surface area (Å²) in [5.41, 5.74) is 0.698. The lowest BCUT2D eigenvalue weighted by atomic mass is 10.1. The van der Waals surface area contributed by atoms with Crippen LogP contribution in [0.2, 0.25) is 0 Å². The molecule has 2 aromatic carbocycles. The predicted molar refractivity (Wildman–Crippen MR) is 110 cm³/mol. The number of nitrogens with one attached hydrogen (secondary N) is 1. The van der Waals surface area contributed by atoms with E-state index in [1.807, 2.05) is 13.8 Å². The topological polar surface area (TPSA) is 75.7 Å². The Morgan fingerprint density at radius 3 is 2.37 bits per heavy atom. The molecule has 0 aromatic heterocycles. The average Bonchev–Trinajstić information content (AvgIpc) is 2.61. The lowest BCUT2D eigenvalue weighted by Crippen LogP contribution is -2.30. The normalized spacial score (nSPS) is 11.3. The number of methoxy groups -OCH3 is 1. The van der Waals surface area contributed by atoms with E-state index in [0.717, 1.165) is 4.47 Å². The van der Waals surface area contributed by atoms with Crippen LogP contribution >= 0.6 is 15.9 Å². The molecule has 0 aliphatic rings. The first-order valence-corrected chi connectivity index (χ1v) is 10.6. The Bertz CT molecular complexity index is 912. The van der Waals surface area contributed by atoms with Gasteiger partial charge in [-0.1, -0.05) is 29.8 Å². The van der Waals surface area contributed by atoms with Gasteiger partial charge in [0, 0.05) is 29.3 Å². The van der Waals surface area contributed by atoms with E-state index in [1.54, 1.807) is 42.3 Å². The van der Waals surface area contributed by atoms with Crippen LogP contribution < -0.4 is 9.46 Å². The highest BCUT2D eigenvalue weighted by atomic mass is 79.9. The molecule has 0 heterocycles. The summed E-state index contributed by atoms with van der Waals surface area (Å²) >= 11 is 3.31. The fourth-order valence-corrected chi connectivity index (χ4v) is 4.12. The summed E-state index contributed by atoms with van der Waals surface area (Å²) in [5.74, 6) is 0.230. The largest absolute Gasteiger partial charge is 0.495 e. The van der Waals surface area contributed by atoms with Gasteiger partial charge in [-0.3, -0.25) is 9.52 Å². The summed E-state index contributed by atoms with van der Waals surface area (Å²) in [6, 6.07) is 11.1. The first-order chi connectivity index (χ1) is 12.6. The SMILES string of the molecule is COc1ccc(C(=O)N(C)CC(C)C)cc1S(=O)(=O)Nc1ccc(Br)cc1. The average molecular weight is 455 g/mol. The van der Waals surface area contributed by atoms with Crippen LogP contribution in [0.25, 0.3) is 0 Å².